The van der Waals surface area contributed by atoms with Crippen LogP contribution in [0.4, 0.5) is 0 Å². The van der Waals surface area contributed by atoms with Gasteiger partial charge in [-0.05, 0) is 34.8 Å². The summed E-state index contributed by atoms with van der Waals surface area (Å²) >= 11 is 4.10. The number of hydrogen-bond acceptors (Lipinski definition) is 4. The first-order chi connectivity index (χ1) is 9.84. The van der Waals surface area contributed by atoms with Gasteiger partial charge in [-0.25, -0.2) is 13.2 Å². The highest BCUT2D eigenvalue weighted by atomic mass is 79.9. The molecule has 0 amide bonds. The highest BCUT2D eigenvalue weighted by Gasteiger charge is 2.28. The lowest BCUT2D eigenvalue weighted by Crippen LogP contribution is -2.33. The molecule has 1 N–H and O–H groups in total. The van der Waals surface area contributed by atoms with Gasteiger partial charge in [-0.15, -0.1) is 11.3 Å². The molecule has 0 aliphatic rings. The maximum Gasteiger partial charge on any atom is 0.345 e. The molecule has 0 radical (unpaired) electrons. The quantitative estimate of drug-likeness (QED) is 0.687. The Labute approximate surface area is 138 Å². The standard InChI is InChI=1S/C13H20BrNO4S2/c1-3-5-7-15(8-6-4-2)21(18,19)11-9-10(13(16)17)20-12(11)14/h9H,3-8H2,1-2H3,(H,16,17). The van der Waals surface area contributed by atoms with Crippen LogP contribution in [0.25, 0.3) is 0 Å². The van der Waals surface area contributed by atoms with Gasteiger partial charge < -0.3 is 5.11 Å². The smallest absolute Gasteiger partial charge is 0.345 e. The van der Waals surface area contributed by atoms with Crippen molar-refractivity contribution in [1.82, 2.24) is 4.31 Å². The van der Waals surface area contributed by atoms with E-state index in [4.69, 9.17) is 5.11 Å². The lowest BCUT2D eigenvalue weighted by molar-refractivity contribution is 0.0702. The number of hydrogen-bond donors (Lipinski definition) is 1. The van der Waals surface area contributed by atoms with Crippen molar-refractivity contribution < 1.29 is 18.3 Å². The van der Waals surface area contributed by atoms with Crippen molar-refractivity contribution in [1.29, 1.82) is 0 Å². The Morgan fingerprint density at radius 2 is 1.81 bits per heavy atom. The van der Waals surface area contributed by atoms with Crippen molar-refractivity contribution in [3.8, 4) is 0 Å². The Kier molecular flexibility index (Phi) is 7.32. The van der Waals surface area contributed by atoms with Crippen LogP contribution in [0.5, 0.6) is 0 Å². The van der Waals surface area contributed by atoms with Gasteiger partial charge in [0.1, 0.15) is 9.77 Å². The fourth-order valence-electron chi connectivity index (χ4n) is 1.79. The number of unbranched alkanes of at least 4 members (excludes halogenated alkanes) is 2. The molecule has 0 bridgehead atoms. The normalized spacial score (nSPS) is 12.0. The average Bonchev–Trinajstić information content (AvgIpc) is 2.81. The molecule has 0 aliphatic heterocycles. The van der Waals surface area contributed by atoms with Gasteiger partial charge in [0.2, 0.25) is 10.0 Å². The molecule has 0 fully saturated rings. The van der Waals surface area contributed by atoms with Crippen LogP contribution >= 0.6 is 27.3 Å². The fraction of sp³-hybridized carbons (Fsp3) is 0.615. The number of carbonyl (C=O) groups is 1. The summed E-state index contributed by atoms with van der Waals surface area (Å²) < 4.78 is 27.2. The van der Waals surface area contributed by atoms with Crippen LogP contribution in [0.15, 0.2) is 14.7 Å². The predicted octanol–water partition coefficient (Wildman–Crippen LogP) is 3.80. The molecule has 0 saturated carbocycles. The van der Waals surface area contributed by atoms with Crippen LogP contribution in [-0.2, 0) is 10.0 Å². The van der Waals surface area contributed by atoms with Gasteiger partial charge in [0.25, 0.3) is 0 Å². The van der Waals surface area contributed by atoms with Crippen LogP contribution in [0.1, 0.15) is 49.2 Å². The first-order valence-electron chi connectivity index (χ1n) is 6.87. The van der Waals surface area contributed by atoms with Crippen LogP contribution in [-0.4, -0.2) is 36.9 Å². The van der Waals surface area contributed by atoms with E-state index in [0.29, 0.717) is 16.9 Å². The summed E-state index contributed by atoms with van der Waals surface area (Å²) in [6.45, 7) is 4.94. The number of sulfonamides is 1. The Bertz CT molecular complexity index is 575. The van der Waals surface area contributed by atoms with E-state index in [1.807, 2.05) is 13.8 Å². The average molecular weight is 398 g/mol. The van der Waals surface area contributed by atoms with Crippen molar-refractivity contribution in [2.45, 2.75) is 44.4 Å². The predicted molar refractivity (Wildman–Crippen MR) is 87.6 cm³/mol. The summed E-state index contributed by atoms with van der Waals surface area (Å²) in [5, 5.41) is 8.99. The van der Waals surface area contributed by atoms with Crippen LogP contribution in [0.3, 0.4) is 0 Å². The van der Waals surface area contributed by atoms with Gasteiger partial charge in [-0.1, -0.05) is 26.7 Å². The zero-order chi connectivity index (χ0) is 16.0. The van der Waals surface area contributed by atoms with Gasteiger partial charge in [0, 0.05) is 13.1 Å². The highest BCUT2D eigenvalue weighted by Crippen LogP contribution is 2.33. The second-order valence-corrected chi connectivity index (χ2v) is 8.94. The maximum atomic E-state index is 12.7. The van der Waals surface area contributed by atoms with E-state index in [1.165, 1.54) is 10.4 Å². The molecule has 5 nitrogen and oxygen atoms in total. The summed E-state index contributed by atoms with van der Waals surface area (Å²) in [6.07, 6.45) is 3.39. The topological polar surface area (TPSA) is 74.7 Å². The minimum Gasteiger partial charge on any atom is -0.477 e. The molecule has 0 unspecified atom stereocenters. The summed E-state index contributed by atoms with van der Waals surface area (Å²) in [6, 6.07) is 1.23. The highest BCUT2D eigenvalue weighted by molar-refractivity contribution is 9.11. The largest absolute Gasteiger partial charge is 0.477 e. The third-order valence-electron chi connectivity index (χ3n) is 3.01. The molecule has 1 aromatic heterocycles. The van der Waals surface area contributed by atoms with Crippen LogP contribution in [0.2, 0.25) is 0 Å². The third-order valence-corrected chi connectivity index (χ3v) is 7.14. The monoisotopic (exact) mass is 397 g/mol. The molecule has 0 saturated heterocycles. The minimum absolute atomic E-state index is 0.0198. The molecular weight excluding hydrogens is 378 g/mol. The molecule has 120 valence electrons. The number of aromatic carboxylic acids is 1. The van der Waals surface area contributed by atoms with E-state index in [9.17, 15) is 13.2 Å². The first kappa shape index (κ1) is 18.6. The Morgan fingerprint density at radius 1 is 1.29 bits per heavy atom. The van der Waals surface area contributed by atoms with E-state index in [0.717, 1.165) is 37.0 Å². The van der Waals surface area contributed by atoms with E-state index in [1.54, 1.807) is 0 Å². The van der Waals surface area contributed by atoms with Gasteiger partial charge in [-0.3, -0.25) is 0 Å². The Hall–Kier alpha value is -0.440. The fourth-order valence-corrected chi connectivity index (χ4v) is 5.66. The number of carboxylic acids is 1. The van der Waals surface area contributed by atoms with E-state index < -0.39 is 16.0 Å². The molecule has 1 heterocycles. The first-order valence-corrected chi connectivity index (χ1v) is 9.92. The van der Waals surface area contributed by atoms with Gasteiger partial charge >= 0.3 is 5.97 Å². The zero-order valence-corrected chi connectivity index (χ0v) is 15.4. The number of rotatable bonds is 9. The molecule has 0 spiro atoms. The van der Waals surface area contributed by atoms with Crippen molar-refractivity contribution in [2.24, 2.45) is 0 Å². The van der Waals surface area contributed by atoms with Gasteiger partial charge in [0.05, 0.1) is 3.79 Å². The SMILES string of the molecule is CCCCN(CCCC)S(=O)(=O)c1cc(C(=O)O)sc1Br. The number of thiophene rings is 1. The molecule has 1 rings (SSSR count). The molecular formula is C13H20BrNO4S2. The zero-order valence-electron chi connectivity index (χ0n) is 12.1. The summed E-state index contributed by atoms with van der Waals surface area (Å²) in [4.78, 5) is 11.1. The van der Waals surface area contributed by atoms with Crippen molar-refractivity contribution in [3.05, 3.63) is 14.7 Å². The molecule has 0 atom stereocenters. The van der Waals surface area contributed by atoms with E-state index in [2.05, 4.69) is 15.9 Å². The summed E-state index contributed by atoms with van der Waals surface area (Å²) in [5.74, 6) is -1.11. The van der Waals surface area contributed by atoms with Crippen molar-refractivity contribution >= 4 is 43.3 Å². The van der Waals surface area contributed by atoms with Gasteiger partial charge in [-0.2, -0.15) is 4.31 Å². The number of nitrogens with zero attached hydrogens (tertiary/aromatic N) is 1. The second-order valence-electron chi connectivity index (χ2n) is 4.66. The molecule has 8 heteroatoms. The Balaban J connectivity index is 3.11. The lowest BCUT2D eigenvalue weighted by Gasteiger charge is -2.21. The summed E-state index contributed by atoms with van der Waals surface area (Å²) in [7, 11) is -3.66. The van der Waals surface area contributed by atoms with E-state index in [-0.39, 0.29) is 9.77 Å². The minimum atomic E-state index is -3.66. The van der Waals surface area contributed by atoms with Crippen molar-refractivity contribution in [2.75, 3.05) is 13.1 Å². The molecule has 0 aliphatic carbocycles. The van der Waals surface area contributed by atoms with Gasteiger partial charge in [0.15, 0.2) is 0 Å². The lowest BCUT2D eigenvalue weighted by atomic mass is 10.3. The maximum absolute atomic E-state index is 12.7. The summed E-state index contributed by atoms with van der Waals surface area (Å²) in [5.41, 5.74) is 0. The molecule has 21 heavy (non-hydrogen) atoms. The van der Waals surface area contributed by atoms with Crippen LogP contribution < -0.4 is 0 Å². The van der Waals surface area contributed by atoms with E-state index >= 15 is 0 Å². The second kappa shape index (κ2) is 8.26. The van der Waals surface area contributed by atoms with Crippen LogP contribution in [0, 0.1) is 0 Å². The molecule has 0 aromatic carbocycles. The number of carboxylic acid groups (broad SMARTS) is 1. The van der Waals surface area contributed by atoms with Crippen molar-refractivity contribution in [3.63, 3.8) is 0 Å². The molecule has 1 aromatic rings. The third kappa shape index (κ3) is 4.77. The Morgan fingerprint density at radius 3 is 2.19 bits per heavy atom. The number of halogens is 1.